The molecule has 5 rings (SSSR count). The molecule has 2 heterocycles. The first-order valence-electron chi connectivity index (χ1n) is 9.51. The number of nitrogens with one attached hydrogen (secondary N) is 1. The van der Waals surface area contributed by atoms with Crippen molar-refractivity contribution in [1.29, 1.82) is 5.26 Å². The molecule has 0 spiro atoms. The number of amides is 1. The van der Waals surface area contributed by atoms with E-state index >= 15 is 0 Å². The standard InChI is InChI=1S/C24H17N3O2S/c25-14-17-5-1-2-6-18(17)15-29-19-11-9-16(10-12-19)13-22-23(28)27-21-8-4-3-7-20(21)26-24(27)30-22/h1-13,24,26H,15H2/b22-13-. The summed E-state index contributed by atoms with van der Waals surface area (Å²) in [6.07, 6.45) is 1.91. The van der Waals surface area contributed by atoms with E-state index < -0.39 is 0 Å². The second-order valence-electron chi connectivity index (χ2n) is 6.94. The predicted octanol–water partition coefficient (Wildman–Crippen LogP) is 4.97. The largest absolute Gasteiger partial charge is 0.489 e. The SMILES string of the molecule is N#Cc1ccccc1COc1ccc(/C=C2\SC3Nc4ccccc4N3C2=O)cc1. The van der Waals surface area contributed by atoms with Gasteiger partial charge in [-0.25, -0.2) is 0 Å². The summed E-state index contributed by atoms with van der Waals surface area (Å²) >= 11 is 1.52. The fourth-order valence-corrected chi connectivity index (χ4v) is 4.69. The predicted molar refractivity (Wildman–Crippen MR) is 119 cm³/mol. The number of hydrogen-bond donors (Lipinski definition) is 1. The van der Waals surface area contributed by atoms with E-state index in [4.69, 9.17) is 4.74 Å². The van der Waals surface area contributed by atoms with E-state index in [1.54, 1.807) is 11.0 Å². The van der Waals surface area contributed by atoms with E-state index in [1.807, 2.05) is 72.8 Å². The zero-order chi connectivity index (χ0) is 20.5. The van der Waals surface area contributed by atoms with Crippen LogP contribution in [0.3, 0.4) is 0 Å². The fourth-order valence-electron chi connectivity index (χ4n) is 3.54. The van der Waals surface area contributed by atoms with E-state index in [-0.39, 0.29) is 11.4 Å². The molecule has 2 aliphatic rings. The number of rotatable bonds is 4. The molecule has 1 N–H and O–H groups in total. The van der Waals surface area contributed by atoms with Gasteiger partial charge in [0.25, 0.3) is 5.91 Å². The molecule has 30 heavy (non-hydrogen) atoms. The van der Waals surface area contributed by atoms with Crippen molar-refractivity contribution in [3.8, 4) is 11.8 Å². The summed E-state index contributed by atoms with van der Waals surface area (Å²) in [6, 6.07) is 25.0. The van der Waals surface area contributed by atoms with Crippen molar-refractivity contribution in [2.45, 2.75) is 12.1 Å². The summed E-state index contributed by atoms with van der Waals surface area (Å²) in [5.41, 5.74) is 4.22. The van der Waals surface area contributed by atoms with Crippen molar-refractivity contribution in [3.05, 3.63) is 94.4 Å². The van der Waals surface area contributed by atoms with E-state index in [0.29, 0.717) is 22.8 Å². The minimum absolute atomic E-state index is 0.0101. The summed E-state index contributed by atoms with van der Waals surface area (Å²) in [4.78, 5) is 15.4. The van der Waals surface area contributed by atoms with E-state index in [2.05, 4.69) is 11.4 Å². The molecule has 1 atom stereocenters. The lowest BCUT2D eigenvalue weighted by Gasteiger charge is -2.12. The zero-order valence-corrected chi connectivity index (χ0v) is 16.7. The molecule has 1 saturated heterocycles. The van der Waals surface area contributed by atoms with Crippen molar-refractivity contribution in [1.82, 2.24) is 0 Å². The number of carbonyl (C=O) groups excluding carboxylic acids is 1. The molecule has 3 aromatic rings. The van der Waals surface area contributed by atoms with Gasteiger partial charge in [0.05, 0.1) is 27.9 Å². The molecule has 0 bridgehead atoms. The number of ether oxygens (including phenoxy) is 1. The maximum Gasteiger partial charge on any atom is 0.267 e. The molecule has 0 radical (unpaired) electrons. The highest BCUT2D eigenvalue weighted by atomic mass is 32.2. The Morgan fingerprint density at radius 1 is 1.07 bits per heavy atom. The number of thioether (sulfide) groups is 1. The third-order valence-corrected chi connectivity index (χ3v) is 6.15. The molecule has 5 nitrogen and oxygen atoms in total. The molecule has 0 aromatic heterocycles. The number of nitriles is 1. The third kappa shape index (κ3) is 3.30. The molecule has 6 heteroatoms. The quantitative estimate of drug-likeness (QED) is 0.614. The number of benzene rings is 3. The van der Waals surface area contributed by atoms with Crippen LogP contribution in [-0.2, 0) is 11.4 Å². The van der Waals surface area contributed by atoms with Gasteiger partial charge < -0.3 is 10.1 Å². The molecule has 0 aliphatic carbocycles. The average Bonchev–Trinajstić information content (AvgIpc) is 3.29. The van der Waals surface area contributed by atoms with Gasteiger partial charge in [-0.05, 0) is 42.0 Å². The Morgan fingerprint density at radius 2 is 1.83 bits per heavy atom. The van der Waals surface area contributed by atoms with Crippen LogP contribution in [0.4, 0.5) is 11.4 Å². The van der Waals surface area contributed by atoms with Gasteiger partial charge >= 0.3 is 0 Å². The van der Waals surface area contributed by atoms with Crippen LogP contribution in [0.15, 0.2) is 77.7 Å². The van der Waals surface area contributed by atoms with Crippen LogP contribution < -0.4 is 15.0 Å². The normalized spacial score (nSPS) is 18.0. The zero-order valence-electron chi connectivity index (χ0n) is 15.9. The van der Waals surface area contributed by atoms with Gasteiger partial charge in [-0.1, -0.05) is 54.2 Å². The highest BCUT2D eigenvalue weighted by Gasteiger charge is 2.42. The molecule has 0 saturated carbocycles. The van der Waals surface area contributed by atoms with Crippen molar-refractivity contribution in [2.24, 2.45) is 0 Å². The lowest BCUT2D eigenvalue weighted by molar-refractivity contribution is -0.114. The minimum Gasteiger partial charge on any atom is -0.489 e. The Morgan fingerprint density at radius 3 is 2.67 bits per heavy atom. The maximum atomic E-state index is 12.9. The summed E-state index contributed by atoms with van der Waals surface area (Å²) in [5.74, 6) is 0.724. The Balaban J connectivity index is 1.28. The topological polar surface area (TPSA) is 65.4 Å². The van der Waals surface area contributed by atoms with E-state index in [9.17, 15) is 10.1 Å². The van der Waals surface area contributed by atoms with Gasteiger partial charge in [0.2, 0.25) is 0 Å². The Bertz CT molecular complexity index is 1200. The lowest BCUT2D eigenvalue weighted by Crippen LogP contribution is -2.31. The Hall–Kier alpha value is -3.69. The minimum atomic E-state index is -0.0936. The Kier molecular flexibility index (Phi) is 4.66. The number of fused-ring (bicyclic) bond motifs is 3. The lowest BCUT2D eigenvalue weighted by atomic mass is 10.1. The monoisotopic (exact) mass is 411 g/mol. The molecule has 146 valence electrons. The number of para-hydroxylation sites is 2. The number of hydrogen-bond acceptors (Lipinski definition) is 5. The summed E-state index contributed by atoms with van der Waals surface area (Å²) in [6.45, 7) is 0.334. The van der Waals surface area contributed by atoms with Gasteiger partial charge in [-0.3, -0.25) is 9.69 Å². The van der Waals surface area contributed by atoms with Crippen molar-refractivity contribution < 1.29 is 9.53 Å². The molecule has 1 unspecified atom stereocenters. The second kappa shape index (κ2) is 7.62. The summed E-state index contributed by atoms with van der Waals surface area (Å²) in [5, 5.41) is 12.6. The van der Waals surface area contributed by atoms with Gasteiger partial charge in [0, 0.05) is 5.56 Å². The average molecular weight is 411 g/mol. The fraction of sp³-hybridized carbons (Fsp3) is 0.0833. The van der Waals surface area contributed by atoms with Crippen LogP contribution in [0.1, 0.15) is 16.7 Å². The molecular weight excluding hydrogens is 394 g/mol. The molecular formula is C24H17N3O2S. The first-order valence-corrected chi connectivity index (χ1v) is 10.4. The van der Waals surface area contributed by atoms with Gasteiger partial charge in [0.1, 0.15) is 12.4 Å². The van der Waals surface area contributed by atoms with E-state index in [1.165, 1.54) is 11.8 Å². The van der Waals surface area contributed by atoms with Gasteiger partial charge in [0.15, 0.2) is 5.50 Å². The van der Waals surface area contributed by atoms with Crippen LogP contribution in [0.25, 0.3) is 6.08 Å². The summed E-state index contributed by atoms with van der Waals surface area (Å²) < 4.78 is 5.82. The van der Waals surface area contributed by atoms with Crippen molar-refractivity contribution in [3.63, 3.8) is 0 Å². The molecule has 2 aliphatic heterocycles. The van der Waals surface area contributed by atoms with Crippen LogP contribution >= 0.6 is 11.8 Å². The van der Waals surface area contributed by atoms with Crippen LogP contribution in [-0.4, -0.2) is 11.4 Å². The highest BCUT2D eigenvalue weighted by Crippen LogP contribution is 2.46. The molecule has 1 amide bonds. The van der Waals surface area contributed by atoms with Gasteiger partial charge in [-0.15, -0.1) is 0 Å². The molecule has 1 fully saturated rings. The van der Waals surface area contributed by atoms with Crippen molar-refractivity contribution in [2.75, 3.05) is 10.2 Å². The third-order valence-electron chi connectivity index (χ3n) is 5.06. The number of nitrogens with zero attached hydrogens (tertiary/aromatic N) is 2. The molecule has 3 aromatic carbocycles. The smallest absolute Gasteiger partial charge is 0.267 e. The van der Waals surface area contributed by atoms with E-state index in [0.717, 1.165) is 22.5 Å². The number of carbonyl (C=O) groups is 1. The van der Waals surface area contributed by atoms with Gasteiger partial charge in [-0.2, -0.15) is 5.26 Å². The first kappa shape index (κ1) is 18.3. The second-order valence-corrected chi connectivity index (χ2v) is 8.06. The maximum absolute atomic E-state index is 12.9. The van der Waals surface area contributed by atoms with Crippen LogP contribution in [0, 0.1) is 11.3 Å². The number of anilines is 2. The highest BCUT2D eigenvalue weighted by molar-refractivity contribution is 8.05. The Labute approximate surface area is 178 Å². The van der Waals surface area contributed by atoms with Crippen LogP contribution in [0.2, 0.25) is 0 Å². The summed E-state index contributed by atoms with van der Waals surface area (Å²) in [7, 11) is 0. The van der Waals surface area contributed by atoms with Crippen LogP contribution in [0.5, 0.6) is 5.75 Å². The van der Waals surface area contributed by atoms with Crippen molar-refractivity contribution >= 4 is 35.1 Å². The first-order chi connectivity index (χ1) is 14.7.